The third-order valence-corrected chi connectivity index (χ3v) is 5.39. The Labute approximate surface area is 118 Å². The lowest BCUT2D eigenvalue weighted by atomic mass is 9.83. The number of nitrogens with zero attached hydrogens (tertiary/aromatic N) is 1. The Morgan fingerprint density at radius 3 is 2.79 bits per heavy atom. The Morgan fingerprint density at radius 2 is 2.00 bits per heavy atom. The summed E-state index contributed by atoms with van der Waals surface area (Å²) in [6.07, 6.45) is 9.94. The summed E-state index contributed by atoms with van der Waals surface area (Å²) in [5.41, 5.74) is 0. The average molecular weight is 266 g/mol. The lowest BCUT2D eigenvalue weighted by molar-refractivity contribution is 0.135. The molecule has 0 spiro atoms. The van der Waals surface area contributed by atoms with Crippen LogP contribution in [-0.4, -0.2) is 50.3 Å². The van der Waals surface area contributed by atoms with Crippen molar-refractivity contribution >= 4 is 0 Å². The quantitative estimate of drug-likeness (QED) is 0.845. The molecule has 3 heteroatoms. The first-order valence-electron chi connectivity index (χ1n) is 8.45. The molecule has 3 fully saturated rings. The maximum atomic E-state index is 5.48. The van der Waals surface area contributed by atoms with Crippen molar-refractivity contribution in [3.05, 3.63) is 0 Å². The standard InChI is InChI=1S/C16H30N2O/c1-2-4-15(5-3-1)16-12-18(10-8-17-16)9-6-14-7-11-19-13-14/h14-17H,1-13H2. The molecule has 2 heterocycles. The first kappa shape index (κ1) is 13.8. The van der Waals surface area contributed by atoms with Gasteiger partial charge in [-0.05, 0) is 44.1 Å². The third kappa shape index (κ3) is 3.93. The van der Waals surface area contributed by atoms with Gasteiger partial charge in [-0.25, -0.2) is 0 Å². The highest BCUT2D eigenvalue weighted by Gasteiger charge is 2.28. The predicted octanol–water partition coefficient (Wildman–Crippen LogP) is 2.27. The largest absolute Gasteiger partial charge is 0.381 e. The molecule has 2 unspecified atom stereocenters. The van der Waals surface area contributed by atoms with E-state index >= 15 is 0 Å². The fraction of sp³-hybridized carbons (Fsp3) is 1.00. The van der Waals surface area contributed by atoms with E-state index < -0.39 is 0 Å². The maximum Gasteiger partial charge on any atom is 0.0495 e. The van der Waals surface area contributed by atoms with Gasteiger partial charge in [-0.15, -0.1) is 0 Å². The molecule has 3 nitrogen and oxygen atoms in total. The van der Waals surface area contributed by atoms with Crippen LogP contribution in [0.4, 0.5) is 0 Å². The van der Waals surface area contributed by atoms with Crippen LogP contribution in [0.15, 0.2) is 0 Å². The molecular weight excluding hydrogens is 236 g/mol. The molecule has 0 radical (unpaired) electrons. The van der Waals surface area contributed by atoms with Crippen LogP contribution >= 0.6 is 0 Å². The molecule has 2 aliphatic heterocycles. The molecule has 1 saturated carbocycles. The molecule has 1 N–H and O–H groups in total. The molecule has 0 aromatic rings. The van der Waals surface area contributed by atoms with Gasteiger partial charge >= 0.3 is 0 Å². The summed E-state index contributed by atoms with van der Waals surface area (Å²) in [4.78, 5) is 2.70. The Kier molecular flexibility index (Phi) is 5.14. The molecule has 19 heavy (non-hydrogen) atoms. The van der Waals surface area contributed by atoms with Crippen LogP contribution < -0.4 is 5.32 Å². The van der Waals surface area contributed by atoms with Gasteiger partial charge < -0.3 is 15.0 Å². The van der Waals surface area contributed by atoms with Crippen molar-refractivity contribution in [3.8, 4) is 0 Å². The normalized spacial score (nSPS) is 34.7. The van der Waals surface area contributed by atoms with Crippen LogP contribution in [0.5, 0.6) is 0 Å². The molecule has 0 aromatic carbocycles. The highest BCUT2D eigenvalue weighted by atomic mass is 16.5. The third-order valence-electron chi connectivity index (χ3n) is 5.39. The van der Waals surface area contributed by atoms with E-state index in [9.17, 15) is 0 Å². The van der Waals surface area contributed by atoms with Crippen molar-refractivity contribution < 1.29 is 4.74 Å². The van der Waals surface area contributed by atoms with Gasteiger partial charge in [0.25, 0.3) is 0 Å². The van der Waals surface area contributed by atoms with Crippen molar-refractivity contribution in [3.63, 3.8) is 0 Å². The first-order valence-corrected chi connectivity index (χ1v) is 8.45. The monoisotopic (exact) mass is 266 g/mol. The van der Waals surface area contributed by atoms with Gasteiger partial charge in [-0.2, -0.15) is 0 Å². The smallest absolute Gasteiger partial charge is 0.0495 e. The highest BCUT2D eigenvalue weighted by Crippen LogP contribution is 2.28. The number of ether oxygens (including phenoxy) is 1. The van der Waals surface area contributed by atoms with Gasteiger partial charge in [0.1, 0.15) is 0 Å². The summed E-state index contributed by atoms with van der Waals surface area (Å²) in [7, 11) is 0. The topological polar surface area (TPSA) is 24.5 Å². The van der Waals surface area contributed by atoms with Gasteiger partial charge in [0.2, 0.25) is 0 Å². The SMILES string of the molecule is C1CCC(C2CN(CCC3CCOC3)CCN2)CC1. The van der Waals surface area contributed by atoms with Crippen LogP contribution in [0.2, 0.25) is 0 Å². The molecule has 3 aliphatic rings. The molecule has 0 aromatic heterocycles. The molecular formula is C16H30N2O. The van der Waals surface area contributed by atoms with E-state index in [0.29, 0.717) is 0 Å². The number of hydrogen-bond acceptors (Lipinski definition) is 3. The Morgan fingerprint density at radius 1 is 1.11 bits per heavy atom. The van der Waals surface area contributed by atoms with Crippen LogP contribution in [0, 0.1) is 11.8 Å². The summed E-state index contributed by atoms with van der Waals surface area (Å²) in [5.74, 6) is 1.79. The minimum absolute atomic E-state index is 0.772. The molecule has 0 bridgehead atoms. The van der Waals surface area contributed by atoms with E-state index in [0.717, 1.165) is 31.1 Å². The number of hydrogen-bond donors (Lipinski definition) is 1. The Hall–Kier alpha value is -0.120. The zero-order valence-corrected chi connectivity index (χ0v) is 12.3. The van der Waals surface area contributed by atoms with Gasteiger partial charge in [-0.3, -0.25) is 0 Å². The van der Waals surface area contributed by atoms with Crippen LogP contribution in [0.25, 0.3) is 0 Å². The fourth-order valence-corrected chi connectivity index (χ4v) is 4.07. The molecule has 3 rings (SSSR count). The fourth-order valence-electron chi connectivity index (χ4n) is 4.07. The lowest BCUT2D eigenvalue weighted by Crippen LogP contribution is -2.54. The van der Waals surface area contributed by atoms with Crippen LogP contribution in [-0.2, 0) is 4.74 Å². The van der Waals surface area contributed by atoms with Gasteiger partial charge in [0, 0.05) is 38.9 Å². The lowest BCUT2D eigenvalue weighted by Gasteiger charge is -2.39. The van der Waals surface area contributed by atoms with Gasteiger partial charge in [-0.1, -0.05) is 19.3 Å². The Bertz CT molecular complexity index is 259. The summed E-state index contributed by atoms with van der Waals surface area (Å²) in [5, 5.41) is 3.78. The van der Waals surface area contributed by atoms with E-state index in [1.54, 1.807) is 0 Å². The van der Waals surface area contributed by atoms with E-state index in [2.05, 4.69) is 10.2 Å². The first-order chi connectivity index (χ1) is 9.42. The summed E-state index contributed by atoms with van der Waals surface area (Å²) in [6, 6.07) is 0.772. The van der Waals surface area contributed by atoms with Crippen LogP contribution in [0.3, 0.4) is 0 Å². The van der Waals surface area contributed by atoms with Crippen LogP contribution in [0.1, 0.15) is 44.9 Å². The second-order valence-corrected chi connectivity index (χ2v) is 6.78. The summed E-state index contributed by atoms with van der Waals surface area (Å²) in [6.45, 7) is 7.03. The van der Waals surface area contributed by atoms with E-state index in [1.165, 1.54) is 71.1 Å². The number of nitrogens with one attached hydrogen (secondary N) is 1. The zero-order chi connectivity index (χ0) is 12.9. The van der Waals surface area contributed by atoms with Crippen molar-refractivity contribution in [2.75, 3.05) is 39.4 Å². The molecule has 1 aliphatic carbocycles. The maximum absolute atomic E-state index is 5.48. The van der Waals surface area contributed by atoms with E-state index in [4.69, 9.17) is 4.74 Å². The molecule has 2 atom stereocenters. The van der Waals surface area contributed by atoms with Crippen molar-refractivity contribution in [1.29, 1.82) is 0 Å². The minimum Gasteiger partial charge on any atom is -0.381 e. The molecule has 0 amide bonds. The highest BCUT2D eigenvalue weighted by molar-refractivity contribution is 4.86. The van der Waals surface area contributed by atoms with Gasteiger partial charge in [0.05, 0.1) is 0 Å². The number of piperazine rings is 1. The zero-order valence-electron chi connectivity index (χ0n) is 12.3. The summed E-state index contributed by atoms with van der Waals surface area (Å²) >= 11 is 0. The van der Waals surface area contributed by atoms with Crippen molar-refractivity contribution in [2.45, 2.75) is 51.0 Å². The summed E-state index contributed by atoms with van der Waals surface area (Å²) < 4.78 is 5.48. The Balaban J connectivity index is 1.41. The second kappa shape index (κ2) is 7.05. The average Bonchev–Trinajstić information content (AvgIpc) is 3.00. The van der Waals surface area contributed by atoms with E-state index in [-0.39, 0.29) is 0 Å². The van der Waals surface area contributed by atoms with E-state index in [1.807, 2.05) is 0 Å². The predicted molar refractivity (Wildman–Crippen MR) is 78.3 cm³/mol. The van der Waals surface area contributed by atoms with Gasteiger partial charge in [0.15, 0.2) is 0 Å². The number of rotatable bonds is 4. The second-order valence-electron chi connectivity index (χ2n) is 6.78. The molecule has 110 valence electrons. The minimum atomic E-state index is 0.772. The van der Waals surface area contributed by atoms with Crippen molar-refractivity contribution in [1.82, 2.24) is 10.2 Å². The van der Waals surface area contributed by atoms with Crippen molar-refractivity contribution in [2.24, 2.45) is 11.8 Å². The molecule has 2 saturated heterocycles.